The van der Waals surface area contributed by atoms with Crippen LogP contribution in [0.3, 0.4) is 0 Å². The Hall–Kier alpha value is -0.130. The van der Waals surface area contributed by atoms with Crippen LogP contribution in [0, 0.1) is 5.92 Å². The van der Waals surface area contributed by atoms with Gasteiger partial charge in [-0.3, -0.25) is 0 Å². The molecule has 80 valence electrons. The van der Waals surface area contributed by atoms with Gasteiger partial charge in [-0.2, -0.15) is 0 Å². The van der Waals surface area contributed by atoms with Crippen LogP contribution >= 0.6 is 0 Å². The third-order valence-corrected chi connectivity index (χ3v) is 2.60. The standard InChI is InChI=1S/C8H20N2O2S/c1-7(2)5-8(3,6-9)10-13(4,11)12/h7,10H,5-6,9H2,1-4H3/t8-/m0/s1. The molecule has 0 fully saturated rings. The molecule has 1 atom stereocenters. The minimum atomic E-state index is -3.17. The maximum atomic E-state index is 11.0. The maximum Gasteiger partial charge on any atom is 0.209 e. The summed E-state index contributed by atoms with van der Waals surface area (Å²) in [5, 5.41) is 0. The zero-order valence-corrected chi connectivity index (χ0v) is 9.61. The summed E-state index contributed by atoms with van der Waals surface area (Å²) in [4.78, 5) is 0. The minimum absolute atomic E-state index is 0.318. The summed E-state index contributed by atoms with van der Waals surface area (Å²) in [6.45, 7) is 6.22. The molecule has 0 rings (SSSR count). The van der Waals surface area contributed by atoms with Gasteiger partial charge in [-0.1, -0.05) is 13.8 Å². The summed E-state index contributed by atoms with van der Waals surface area (Å²) in [5.41, 5.74) is 5.02. The van der Waals surface area contributed by atoms with Gasteiger partial charge in [0.25, 0.3) is 0 Å². The lowest BCUT2D eigenvalue weighted by Crippen LogP contribution is -2.51. The smallest absolute Gasteiger partial charge is 0.209 e. The lowest BCUT2D eigenvalue weighted by atomic mass is 9.92. The Morgan fingerprint density at radius 3 is 2.15 bits per heavy atom. The molecule has 0 amide bonds. The van der Waals surface area contributed by atoms with Crippen molar-refractivity contribution in [3.63, 3.8) is 0 Å². The van der Waals surface area contributed by atoms with Crippen LogP contribution in [0.1, 0.15) is 27.2 Å². The molecule has 0 heterocycles. The monoisotopic (exact) mass is 208 g/mol. The first-order valence-corrected chi connectivity index (χ1v) is 6.27. The van der Waals surface area contributed by atoms with Crippen molar-refractivity contribution in [1.82, 2.24) is 4.72 Å². The van der Waals surface area contributed by atoms with E-state index in [9.17, 15) is 8.42 Å². The Morgan fingerprint density at radius 1 is 1.46 bits per heavy atom. The van der Waals surface area contributed by atoms with E-state index in [4.69, 9.17) is 5.73 Å². The zero-order chi connectivity index (χ0) is 10.7. The third kappa shape index (κ3) is 6.01. The Morgan fingerprint density at radius 2 is 1.92 bits per heavy atom. The molecule has 0 aromatic heterocycles. The molecule has 0 aromatic carbocycles. The van der Waals surface area contributed by atoms with E-state index >= 15 is 0 Å². The molecule has 0 saturated carbocycles. The van der Waals surface area contributed by atoms with Crippen LogP contribution in [0.15, 0.2) is 0 Å². The van der Waals surface area contributed by atoms with Gasteiger partial charge in [-0.05, 0) is 19.3 Å². The topological polar surface area (TPSA) is 72.2 Å². The first kappa shape index (κ1) is 12.9. The van der Waals surface area contributed by atoms with E-state index in [1.54, 1.807) is 0 Å². The van der Waals surface area contributed by atoms with Crippen molar-refractivity contribution in [3.8, 4) is 0 Å². The largest absolute Gasteiger partial charge is 0.329 e. The van der Waals surface area contributed by atoms with Crippen LogP contribution in [0.2, 0.25) is 0 Å². The van der Waals surface area contributed by atoms with Crippen molar-refractivity contribution in [1.29, 1.82) is 0 Å². The molecule has 0 radical (unpaired) electrons. The first-order valence-electron chi connectivity index (χ1n) is 4.37. The highest BCUT2D eigenvalue weighted by Gasteiger charge is 2.26. The van der Waals surface area contributed by atoms with Crippen molar-refractivity contribution in [2.75, 3.05) is 12.8 Å². The molecule has 0 spiro atoms. The molecule has 0 aliphatic rings. The van der Waals surface area contributed by atoms with E-state index < -0.39 is 15.6 Å². The minimum Gasteiger partial charge on any atom is -0.329 e. The lowest BCUT2D eigenvalue weighted by Gasteiger charge is -2.29. The molecule has 3 N–H and O–H groups in total. The molecule has 0 unspecified atom stereocenters. The number of nitrogens with one attached hydrogen (secondary N) is 1. The fraction of sp³-hybridized carbons (Fsp3) is 1.00. The van der Waals surface area contributed by atoms with Crippen LogP contribution in [-0.4, -0.2) is 26.8 Å². The van der Waals surface area contributed by atoms with Crippen molar-refractivity contribution < 1.29 is 8.42 Å². The predicted molar refractivity (Wildman–Crippen MR) is 54.9 cm³/mol. The van der Waals surface area contributed by atoms with Crippen molar-refractivity contribution >= 4 is 10.0 Å². The fourth-order valence-corrected chi connectivity index (χ4v) is 2.58. The van der Waals surface area contributed by atoms with Crippen molar-refractivity contribution in [2.45, 2.75) is 32.7 Å². The van der Waals surface area contributed by atoms with E-state index in [0.717, 1.165) is 12.7 Å². The van der Waals surface area contributed by atoms with Crippen LogP contribution in [-0.2, 0) is 10.0 Å². The summed E-state index contributed by atoms with van der Waals surface area (Å²) in [5.74, 6) is 0.419. The second-order valence-electron chi connectivity index (χ2n) is 4.24. The van der Waals surface area contributed by atoms with Crippen LogP contribution in [0.25, 0.3) is 0 Å². The average Bonchev–Trinajstić information content (AvgIpc) is 1.81. The van der Waals surface area contributed by atoms with E-state index in [2.05, 4.69) is 4.72 Å². The summed E-state index contributed by atoms with van der Waals surface area (Å²) in [6, 6.07) is 0. The molecule has 0 aliphatic heterocycles. The SMILES string of the molecule is CC(C)C[C@@](C)(CN)NS(C)(=O)=O. The molecule has 4 nitrogen and oxygen atoms in total. The second-order valence-corrected chi connectivity index (χ2v) is 5.99. The van der Waals surface area contributed by atoms with Gasteiger partial charge in [0.1, 0.15) is 0 Å². The van der Waals surface area contributed by atoms with Gasteiger partial charge in [-0.25, -0.2) is 13.1 Å². The number of hydrogen-bond donors (Lipinski definition) is 2. The highest BCUT2D eigenvalue weighted by molar-refractivity contribution is 7.88. The summed E-state index contributed by atoms with van der Waals surface area (Å²) < 4.78 is 24.6. The van der Waals surface area contributed by atoms with E-state index in [0.29, 0.717) is 12.5 Å². The van der Waals surface area contributed by atoms with Gasteiger partial charge in [0.15, 0.2) is 0 Å². The normalized spacial score (nSPS) is 17.4. The van der Waals surface area contributed by atoms with Gasteiger partial charge in [0.05, 0.1) is 6.26 Å². The molecular formula is C8H20N2O2S. The van der Waals surface area contributed by atoms with Crippen LogP contribution < -0.4 is 10.5 Å². The summed E-state index contributed by atoms with van der Waals surface area (Å²) >= 11 is 0. The van der Waals surface area contributed by atoms with Crippen LogP contribution in [0.4, 0.5) is 0 Å². The molecular weight excluding hydrogens is 188 g/mol. The Balaban J connectivity index is 4.46. The summed E-state index contributed by atoms with van der Waals surface area (Å²) in [7, 11) is -3.17. The second kappa shape index (κ2) is 4.39. The van der Waals surface area contributed by atoms with Crippen molar-refractivity contribution in [2.24, 2.45) is 11.7 Å². The number of nitrogens with two attached hydrogens (primary N) is 1. The maximum absolute atomic E-state index is 11.0. The average molecular weight is 208 g/mol. The molecule has 5 heteroatoms. The van der Waals surface area contributed by atoms with E-state index in [-0.39, 0.29) is 0 Å². The summed E-state index contributed by atoms with van der Waals surface area (Å²) in [6.07, 6.45) is 1.90. The van der Waals surface area contributed by atoms with Gasteiger partial charge < -0.3 is 5.73 Å². The molecule has 0 aromatic rings. The fourth-order valence-electron chi connectivity index (χ4n) is 1.52. The predicted octanol–water partition coefficient (Wildman–Crippen LogP) is 0.299. The number of sulfonamides is 1. The quantitative estimate of drug-likeness (QED) is 0.682. The van der Waals surface area contributed by atoms with Gasteiger partial charge in [0, 0.05) is 12.1 Å². The van der Waals surface area contributed by atoms with Gasteiger partial charge in [-0.15, -0.1) is 0 Å². The zero-order valence-electron chi connectivity index (χ0n) is 8.79. The van der Waals surface area contributed by atoms with Gasteiger partial charge >= 0.3 is 0 Å². The molecule has 0 bridgehead atoms. The lowest BCUT2D eigenvalue weighted by molar-refractivity contribution is 0.345. The number of rotatable bonds is 5. The highest BCUT2D eigenvalue weighted by Crippen LogP contribution is 2.15. The Bertz CT molecular complexity index is 249. The van der Waals surface area contributed by atoms with E-state index in [1.165, 1.54) is 0 Å². The molecule has 0 aliphatic carbocycles. The van der Waals surface area contributed by atoms with Gasteiger partial charge in [0.2, 0.25) is 10.0 Å². The van der Waals surface area contributed by atoms with Crippen LogP contribution in [0.5, 0.6) is 0 Å². The Labute approximate surface area is 80.9 Å². The Kier molecular flexibility index (Phi) is 4.35. The molecule has 13 heavy (non-hydrogen) atoms. The third-order valence-electron chi connectivity index (χ3n) is 1.74. The highest BCUT2D eigenvalue weighted by atomic mass is 32.2. The van der Waals surface area contributed by atoms with Crippen molar-refractivity contribution in [3.05, 3.63) is 0 Å². The molecule has 0 saturated heterocycles. The first-order chi connectivity index (χ1) is 5.68. The van der Waals surface area contributed by atoms with E-state index in [1.807, 2.05) is 20.8 Å². The number of hydrogen-bond acceptors (Lipinski definition) is 3.